The minimum Gasteiger partial charge on any atom is -0.292 e. The van der Waals surface area contributed by atoms with E-state index in [-0.39, 0.29) is 0 Å². The average Bonchev–Trinajstić information content (AvgIpc) is 2.21. The molecule has 0 heterocycles. The maximum atomic E-state index is 3.59. The second-order valence-electron chi connectivity index (χ2n) is 3.51. The van der Waals surface area contributed by atoms with Gasteiger partial charge in [0.15, 0.2) is 0 Å². The van der Waals surface area contributed by atoms with E-state index in [1.54, 1.807) is 6.08 Å². The summed E-state index contributed by atoms with van der Waals surface area (Å²) in [5.74, 6) is 6.01. The van der Waals surface area contributed by atoms with Gasteiger partial charge in [-0.2, -0.15) is 0 Å². The van der Waals surface area contributed by atoms with Gasteiger partial charge in [0.1, 0.15) is 0 Å². The molecule has 0 spiro atoms. The number of hydrogen-bond acceptors (Lipinski definition) is 1. The van der Waals surface area contributed by atoms with Crippen molar-refractivity contribution in [1.29, 1.82) is 0 Å². The highest BCUT2D eigenvalue weighted by molar-refractivity contribution is 5.13. The predicted octanol–water partition coefficient (Wildman–Crippen LogP) is 3.08. The van der Waals surface area contributed by atoms with Crippen molar-refractivity contribution in [1.82, 2.24) is 4.90 Å². The molecule has 0 rings (SSSR count). The zero-order chi connectivity index (χ0) is 10.6. The predicted molar refractivity (Wildman–Crippen MR) is 64.2 cm³/mol. The van der Waals surface area contributed by atoms with E-state index in [2.05, 4.69) is 37.2 Å². The molecular formula is C13H23N. The van der Waals surface area contributed by atoms with E-state index in [0.717, 1.165) is 6.54 Å². The van der Waals surface area contributed by atoms with Gasteiger partial charge in [-0.05, 0) is 32.0 Å². The summed E-state index contributed by atoms with van der Waals surface area (Å²) in [6.45, 7) is 11.3. The molecule has 1 heteroatoms. The van der Waals surface area contributed by atoms with Gasteiger partial charge < -0.3 is 0 Å². The molecule has 0 amide bonds. The standard InChI is InChI=1S/C13H23N/c1-4-7-10-13-14(11-8-5-2)12-9-6-3/h4H,1,5-6,8-9,11-13H2,2-3H3. The van der Waals surface area contributed by atoms with Crippen molar-refractivity contribution >= 4 is 0 Å². The number of hydrogen-bond donors (Lipinski definition) is 0. The van der Waals surface area contributed by atoms with Crippen LogP contribution in [0.25, 0.3) is 0 Å². The highest BCUT2D eigenvalue weighted by Gasteiger charge is 2.00. The fraction of sp³-hybridized carbons (Fsp3) is 0.692. The normalized spacial score (nSPS) is 9.64. The quantitative estimate of drug-likeness (QED) is 0.562. The molecule has 1 nitrogen and oxygen atoms in total. The van der Waals surface area contributed by atoms with E-state index in [4.69, 9.17) is 0 Å². The summed E-state index contributed by atoms with van der Waals surface area (Å²) in [6.07, 6.45) is 6.74. The summed E-state index contributed by atoms with van der Waals surface area (Å²) < 4.78 is 0. The van der Waals surface area contributed by atoms with Gasteiger partial charge in [-0.3, -0.25) is 4.90 Å². The summed E-state index contributed by atoms with van der Waals surface area (Å²) in [7, 11) is 0. The molecule has 0 aliphatic heterocycles. The monoisotopic (exact) mass is 193 g/mol. The van der Waals surface area contributed by atoms with Crippen LogP contribution in [-0.4, -0.2) is 24.5 Å². The SMILES string of the molecule is C=CC#CCN(CCCC)CCCC. The largest absolute Gasteiger partial charge is 0.292 e. The number of allylic oxidation sites excluding steroid dienone is 1. The van der Waals surface area contributed by atoms with Crippen LogP contribution in [0.2, 0.25) is 0 Å². The van der Waals surface area contributed by atoms with Crippen molar-refractivity contribution < 1.29 is 0 Å². The van der Waals surface area contributed by atoms with E-state index in [1.165, 1.54) is 38.8 Å². The molecule has 0 saturated heterocycles. The summed E-state index contributed by atoms with van der Waals surface area (Å²) in [4.78, 5) is 2.43. The molecule has 0 aromatic heterocycles. The Labute approximate surface area is 89.2 Å². The third-order valence-electron chi connectivity index (χ3n) is 2.16. The third kappa shape index (κ3) is 7.89. The first-order valence-corrected chi connectivity index (χ1v) is 5.66. The molecule has 0 aliphatic carbocycles. The lowest BCUT2D eigenvalue weighted by Crippen LogP contribution is -2.26. The highest BCUT2D eigenvalue weighted by atomic mass is 15.1. The number of nitrogens with zero attached hydrogens (tertiary/aromatic N) is 1. The van der Waals surface area contributed by atoms with Crippen LogP contribution in [0.5, 0.6) is 0 Å². The minimum absolute atomic E-state index is 0.895. The van der Waals surface area contributed by atoms with E-state index >= 15 is 0 Å². The third-order valence-corrected chi connectivity index (χ3v) is 2.16. The van der Waals surface area contributed by atoms with Gasteiger partial charge in [0.25, 0.3) is 0 Å². The van der Waals surface area contributed by atoms with Crippen LogP contribution in [0, 0.1) is 11.8 Å². The molecule has 0 bridgehead atoms. The van der Waals surface area contributed by atoms with Gasteiger partial charge in [-0.1, -0.05) is 45.1 Å². The Hall–Kier alpha value is -0.740. The fourth-order valence-corrected chi connectivity index (χ4v) is 1.26. The molecule has 0 N–H and O–H groups in total. The minimum atomic E-state index is 0.895. The van der Waals surface area contributed by atoms with Crippen LogP contribution in [0.1, 0.15) is 39.5 Å². The van der Waals surface area contributed by atoms with E-state index < -0.39 is 0 Å². The van der Waals surface area contributed by atoms with Crippen molar-refractivity contribution in [2.75, 3.05) is 19.6 Å². The van der Waals surface area contributed by atoms with Crippen molar-refractivity contribution in [2.24, 2.45) is 0 Å². The van der Waals surface area contributed by atoms with Crippen LogP contribution in [-0.2, 0) is 0 Å². The first kappa shape index (κ1) is 13.3. The Kier molecular flexibility index (Phi) is 9.79. The maximum Gasteiger partial charge on any atom is 0.0605 e. The van der Waals surface area contributed by atoms with Crippen LogP contribution < -0.4 is 0 Å². The number of unbranched alkanes of at least 4 members (excludes halogenated alkanes) is 2. The van der Waals surface area contributed by atoms with E-state index in [0.29, 0.717) is 0 Å². The number of rotatable bonds is 7. The summed E-state index contributed by atoms with van der Waals surface area (Å²) in [6, 6.07) is 0. The molecule has 80 valence electrons. The smallest absolute Gasteiger partial charge is 0.0605 e. The Bertz CT molecular complexity index is 177. The molecule has 0 unspecified atom stereocenters. The molecule has 0 aliphatic rings. The van der Waals surface area contributed by atoms with Crippen molar-refractivity contribution in [2.45, 2.75) is 39.5 Å². The maximum absolute atomic E-state index is 3.59. The molecule has 0 atom stereocenters. The fourth-order valence-electron chi connectivity index (χ4n) is 1.26. The van der Waals surface area contributed by atoms with Gasteiger partial charge in [-0.15, -0.1) is 0 Å². The second-order valence-corrected chi connectivity index (χ2v) is 3.51. The van der Waals surface area contributed by atoms with Crippen molar-refractivity contribution in [3.8, 4) is 11.8 Å². The van der Waals surface area contributed by atoms with Crippen molar-refractivity contribution in [3.63, 3.8) is 0 Å². The van der Waals surface area contributed by atoms with Crippen LogP contribution in [0.4, 0.5) is 0 Å². The Morgan fingerprint density at radius 1 is 1.14 bits per heavy atom. The summed E-state index contributed by atoms with van der Waals surface area (Å²) in [5, 5.41) is 0. The van der Waals surface area contributed by atoms with Crippen LogP contribution >= 0.6 is 0 Å². The zero-order valence-electron chi connectivity index (χ0n) is 9.68. The van der Waals surface area contributed by atoms with Crippen LogP contribution in [0.3, 0.4) is 0 Å². The lowest BCUT2D eigenvalue weighted by atomic mass is 10.2. The van der Waals surface area contributed by atoms with Crippen molar-refractivity contribution in [3.05, 3.63) is 12.7 Å². The molecule has 0 aromatic rings. The first-order valence-electron chi connectivity index (χ1n) is 5.66. The second kappa shape index (κ2) is 10.3. The molecule has 0 saturated carbocycles. The highest BCUT2D eigenvalue weighted by Crippen LogP contribution is 1.98. The lowest BCUT2D eigenvalue weighted by Gasteiger charge is -2.18. The molecule has 0 aromatic carbocycles. The lowest BCUT2D eigenvalue weighted by molar-refractivity contribution is 0.296. The molecular weight excluding hydrogens is 170 g/mol. The molecule has 14 heavy (non-hydrogen) atoms. The van der Waals surface area contributed by atoms with Gasteiger partial charge in [0.2, 0.25) is 0 Å². The van der Waals surface area contributed by atoms with E-state index in [9.17, 15) is 0 Å². The summed E-state index contributed by atoms with van der Waals surface area (Å²) >= 11 is 0. The zero-order valence-corrected chi connectivity index (χ0v) is 9.68. The first-order chi connectivity index (χ1) is 6.85. The van der Waals surface area contributed by atoms with Gasteiger partial charge in [-0.25, -0.2) is 0 Å². The van der Waals surface area contributed by atoms with Gasteiger partial charge in [0.05, 0.1) is 6.54 Å². The van der Waals surface area contributed by atoms with E-state index in [1.807, 2.05) is 0 Å². The summed E-state index contributed by atoms with van der Waals surface area (Å²) in [5.41, 5.74) is 0. The van der Waals surface area contributed by atoms with Crippen LogP contribution in [0.15, 0.2) is 12.7 Å². The van der Waals surface area contributed by atoms with Gasteiger partial charge in [0, 0.05) is 0 Å². The topological polar surface area (TPSA) is 3.24 Å². The Balaban J connectivity index is 3.76. The Morgan fingerprint density at radius 3 is 2.14 bits per heavy atom. The van der Waals surface area contributed by atoms with Gasteiger partial charge >= 0.3 is 0 Å². The average molecular weight is 193 g/mol. The Morgan fingerprint density at radius 2 is 1.71 bits per heavy atom. The molecule has 0 radical (unpaired) electrons. The molecule has 0 fully saturated rings.